The molecule has 0 bridgehead atoms. The van der Waals surface area contributed by atoms with E-state index in [4.69, 9.17) is 11.6 Å². The lowest BCUT2D eigenvalue weighted by molar-refractivity contribution is -0.274. The zero-order valence-electron chi connectivity index (χ0n) is 14.8. The van der Waals surface area contributed by atoms with Gasteiger partial charge in [-0.05, 0) is 65.4 Å². The van der Waals surface area contributed by atoms with Gasteiger partial charge in [-0.2, -0.15) is 0 Å². The van der Waals surface area contributed by atoms with Crippen LogP contribution in [0.1, 0.15) is 23.6 Å². The SMILES string of the molecule is FC(F)(F)Oc1cccc(-c2cccc3c2CCC(c2cccc(Cl)c2)N3)c1. The van der Waals surface area contributed by atoms with Gasteiger partial charge in [0.1, 0.15) is 5.75 Å². The van der Waals surface area contributed by atoms with Crippen molar-refractivity contribution < 1.29 is 17.9 Å². The summed E-state index contributed by atoms with van der Waals surface area (Å²) in [4.78, 5) is 0. The summed E-state index contributed by atoms with van der Waals surface area (Å²) in [5.41, 5.74) is 4.79. The number of rotatable bonds is 3. The lowest BCUT2D eigenvalue weighted by atomic mass is 9.88. The zero-order valence-corrected chi connectivity index (χ0v) is 15.5. The van der Waals surface area contributed by atoms with Crippen molar-refractivity contribution in [2.75, 3.05) is 5.32 Å². The molecule has 1 unspecified atom stereocenters. The predicted octanol–water partition coefficient (Wildman–Crippen LogP) is 7.01. The molecule has 0 radical (unpaired) electrons. The summed E-state index contributed by atoms with van der Waals surface area (Å²) in [6.07, 6.45) is -3.04. The quantitative estimate of drug-likeness (QED) is 0.508. The molecule has 1 heterocycles. The van der Waals surface area contributed by atoms with Crippen LogP contribution in [0.25, 0.3) is 11.1 Å². The Labute approximate surface area is 165 Å². The largest absolute Gasteiger partial charge is 0.573 e. The molecule has 1 N–H and O–H groups in total. The summed E-state index contributed by atoms with van der Waals surface area (Å²) >= 11 is 6.11. The molecule has 28 heavy (non-hydrogen) atoms. The second-order valence-corrected chi connectivity index (χ2v) is 7.13. The molecular weight excluding hydrogens is 387 g/mol. The molecular formula is C22H17ClF3NO. The Kier molecular flexibility index (Phi) is 4.94. The van der Waals surface area contributed by atoms with E-state index in [1.807, 2.05) is 42.5 Å². The van der Waals surface area contributed by atoms with Crippen LogP contribution in [0.3, 0.4) is 0 Å². The average Bonchev–Trinajstić information content (AvgIpc) is 2.66. The minimum absolute atomic E-state index is 0.140. The normalized spacial score (nSPS) is 16.2. The van der Waals surface area contributed by atoms with Crippen LogP contribution in [0.4, 0.5) is 18.9 Å². The van der Waals surface area contributed by atoms with Crippen molar-refractivity contribution in [1.82, 2.24) is 0 Å². The van der Waals surface area contributed by atoms with E-state index in [0.29, 0.717) is 10.6 Å². The van der Waals surface area contributed by atoms with Crippen LogP contribution in [0.15, 0.2) is 66.7 Å². The number of nitrogens with one attached hydrogen (secondary N) is 1. The van der Waals surface area contributed by atoms with E-state index in [1.165, 1.54) is 12.1 Å². The van der Waals surface area contributed by atoms with E-state index in [2.05, 4.69) is 10.1 Å². The summed E-state index contributed by atoms with van der Waals surface area (Å²) in [7, 11) is 0. The number of halogens is 4. The number of benzene rings is 3. The topological polar surface area (TPSA) is 21.3 Å². The van der Waals surface area contributed by atoms with Crippen molar-refractivity contribution in [1.29, 1.82) is 0 Å². The predicted molar refractivity (Wildman–Crippen MR) is 105 cm³/mol. The summed E-state index contributed by atoms with van der Waals surface area (Å²) in [5, 5.41) is 4.23. The monoisotopic (exact) mass is 403 g/mol. The first-order chi connectivity index (χ1) is 13.4. The van der Waals surface area contributed by atoms with Gasteiger partial charge < -0.3 is 10.1 Å². The van der Waals surface area contributed by atoms with E-state index in [9.17, 15) is 13.2 Å². The Morgan fingerprint density at radius 2 is 1.75 bits per heavy atom. The van der Waals surface area contributed by atoms with Crippen LogP contribution in [0, 0.1) is 0 Å². The molecule has 0 spiro atoms. The van der Waals surface area contributed by atoms with E-state index in [1.54, 1.807) is 12.1 Å². The standard InChI is InChI=1S/C22H17ClF3NO/c23-16-6-1-5-15(12-16)20-11-10-19-18(8-3-9-21(19)27-20)14-4-2-7-17(13-14)28-22(24,25)26/h1-9,12-13,20,27H,10-11H2. The second-order valence-electron chi connectivity index (χ2n) is 6.70. The number of anilines is 1. The molecule has 3 aromatic rings. The summed E-state index contributed by atoms with van der Waals surface area (Å²) < 4.78 is 41.7. The first-order valence-electron chi connectivity index (χ1n) is 8.89. The lowest BCUT2D eigenvalue weighted by Gasteiger charge is -2.29. The molecule has 0 aromatic heterocycles. The number of alkyl halides is 3. The maximum atomic E-state index is 12.5. The third-order valence-corrected chi connectivity index (χ3v) is 5.05. The van der Waals surface area contributed by atoms with Crippen molar-refractivity contribution in [3.8, 4) is 16.9 Å². The average molecular weight is 404 g/mol. The molecule has 4 rings (SSSR count). The fraction of sp³-hybridized carbons (Fsp3) is 0.182. The molecule has 0 saturated heterocycles. The maximum Gasteiger partial charge on any atom is 0.573 e. The summed E-state index contributed by atoms with van der Waals surface area (Å²) in [6, 6.07) is 19.8. The third kappa shape index (κ3) is 4.09. The summed E-state index contributed by atoms with van der Waals surface area (Å²) in [5.74, 6) is -0.219. The van der Waals surface area contributed by atoms with Gasteiger partial charge in [0, 0.05) is 10.7 Å². The lowest BCUT2D eigenvalue weighted by Crippen LogP contribution is -2.18. The number of ether oxygens (including phenoxy) is 1. The number of hydrogen-bond donors (Lipinski definition) is 1. The minimum atomic E-state index is -4.71. The molecule has 6 heteroatoms. The first-order valence-corrected chi connectivity index (χ1v) is 9.27. The molecule has 3 aromatic carbocycles. The Morgan fingerprint density at radius 3 is 2.54 bits per heavy atom. The van der Waals surface area contributed by atoms with Gasteiger partial charge in [-0.1, -0.05) is 48.0 Å². The highest BCUT2D eigenvalue weighted by Crippen LogP contribution is 2.39. The molecule has 0 amide bonds. The summed E-state index contributed by atoms with van der Waals surface area (Å²) in [6.45, 7) is 0. The number of hydrogen-bond acceptors (Lipinski definition) is 2. The van der Waals surface area contributed by atoms with Gasteiger partial charge >= 0.3 is 6.36 Å². The van der Waals surface area contributed by atoms with Crippen LogP contribution in [0.2, 0.25) is 5.02 Å². The van der Waals surface area contributed by atoms with E-state index in [0.717, 1.165) is 35.2 Å². The molecule has 0 fully saturated rings. The third-order valence-electron chi connectivity index (χ3n) is 4.82. The van der Waals surface area contributed by atoms with Crippen LogP contribution in [0.5, 0.6) is 5.75 Å². The zero-order chi connectivity index (χ0) is 19.7. The van der Waals surface area contributed by atoms with Crippen molar-refractivity contribution in [3.63, 3.8) is 0 Å². The highest BCUT2D eigenvalue weighted by atomic mass is 35.5. The Bertz CT molecular complexity index is 1000. The van der Waals surface area contributed by atoms with Gasteiger partial charge in [0.15, 0.2) is 0 Å². The maximum absolute atomic E-state index is 12.5. The first kappa shape index (κ1) is 18.7. The molecule has 144 valence electrons. The van der Waals surface area contributed by atoms with E-state index >= 15 is 0 Å². The van der Waals surface area contributed by atoms with Gasteiger partial charge in [0.25, 0.3) is 0 Å². The molecule has 0 aliphatic carbocycles. The molecule has 2 nitrogen and oxygen atoms in total. The van der Waals surface area contributed by atoms with Crippen molar-refractivity contribution in [2.45, 2.75) is 25.2 Å². The van der Waals surface area contributed by atoms with Crippen LogP contribution in [-0.2, 0) is 6.42 Å². The van der Waals surface area contributed by atoms with Crippen molar-refractivity contribution in [3.05, 3.63) is 82.9 Å². The fourth-order valence-electron chi connectivity index (χ4n) is 3.64. The van der Waals surface area contributed by atoms with E-state index in [-0.39, 0.29) is 11.8 Å². The van der Waals surface area contributed by atoms with Gasteiger partial charge in [-0.3, -0.25) is 0 Å². The van der Waals surface area contributed by atoms with Gasteiger partial charge in [-0.15, -0.1) is 13.2 Å². The van der Waals surface area contributed by atoms with Crippen LogP contribution >= 0.6 is 11.6 Å². The molecule has 0 saturated carbocycles. The Morgan fingerprint density at radius 1 is 0.964 bits per heavy atom. The number of fused-ring (bicyclic) bond motifs is 1. The van der Waals surface area contributed by atoms with Gasteiger partial charge in [0.05, 0.1) is 6.04 Å². The van der Waals surface area contributed by atoms with Gasteiger partial charge in [-0.25, -0.2) is 0 Å². The van der Waals surface area contributed by atoms with Crippen molar-refractivity contribution >= 4 is 17.3 Å². The van der Waals surface area contributed by atoms with E-state index < -0.39 is 6.36 Å². The fourth-order valence-corrected chi connectivity index (χ4v) is 3.84. The van der Waals surface area contributed by atoms with Crippen LogP contribution in [-0.4, -0.2) is 6.36 Å². The van der Waals surface area contributed by atoms with Crippen molar-refractivity contribution in [2.24, 2.45) is 0 Å². The Balaban J connectivity index is 1.64. The highest BCUT2D eigenvalue weighted by Gasteiger charge is 2.31. The second kappa shape index (κ2) is 7.40. The smallest absolute Gasteiger partial charge is 0.406 e. The van der Waals surface area contributed by atoms with Gasteiger partial charge in [0.2, 0.25) is 0 Å². The minimum Gasteiger partial charge on any atom is -0.406 e. The Hall–Kier alpha value is -2.66. The molecule has 1 atom stereocenters. The van der Waals surface area contributed by atoms with Crippen LogP contribution < -0.4 is 10.1 Å². The molecule has 1 aliphatic heterocycles. The highest BCUT2D eigenvalue weighted by molar-refractivity contribution is 6.30. The molecule has 1 aliphatic rings.